The molecule has 1 amide bonds. The Morgan fingerprint density at radius 1 is 1.30 bits per heavy atom. The molecule has 0 radical (unpaired) electrons. The molecule has 0 saturated carbocycles. The SMILES string of the molecule is Cc1ccccc1SCC(=O)Nc1ccc(F)c(N)c1. The Balaban J connectivity index is 1.93. The minimum atomic E-state index is -0.489. The van der Waals surface area contributed by atoms with Crippen molar-refractivity contribution in [1.29, 1.82) is 0 Å². The molecule has 2 rings (SSSR count). The molecule has 0 heterocycles. The van der Waals surface area contributed by atoms with E-state index in [4.69, 9.17) is 5.73 Å². The van der Waals surface area contributed by atoms with Gasteiger partial charge in [0.25, 0.3) is 0 Å². The Bertz CT molecular complexity index is 631. The monoisotopic (exact) mass is 290 g/mol. The minimum absolute atomic E-state index is 0.0226. The van der Waals surface area contributed by atoms with E-state index in [1.54, 1.807) is 0 Å². The molecule has 20 heavy (non-hydrogen) atoms. The van der Waals surface area contributed by atoms with E-state index in [1.165, 1.54) is 30.0 Å². The van der Waals surface area contributed by atoms with Crippen LogP contribution in [0.4, 0.5) is 15.8 Å². The normalized spacial score (nSPS) is 10.3. The summed E-state index contributed by atoms with van der Waals surface area (Å²) in [6.07, 6.45) is 0. The highest BCUT2D eigenvalue weighted by molar-refractivity contribution is 8.00. The number of nitrogens with two attached hydrogens (primary N) is 1. The molecule has 0 bridgehead atoms. The van der Waals surface area contributed by atoms with Crippen LogP contribution in [0.3, 0.4) is 0 Å². The van der Waals surface area contributed by atoms with Crippen LogP contribution in [0.1, 0.15) is 5.56 Å². The fourth-order valence-corrected chi connectivity index (χ4v) is 2.51. The van der Waals surface area contributed by atoms with Gasteiger partial charge in [-0.2, -0.15) is 0 Å². The summed E-state index contributed by atoms with van der Waals surface area (Å²) in [4.78, 5) is 12.9. The summed E-state index contributed by atoms with van der Waals surface area (Å²) in [5.74, 6) is -0.344. The molecule has 104 valence electrons. The smallest absolute Gasteiger partial charge is 0.234 e. The molecule has 3 N–H and O–H groups in total. The molecule has 0 aliphatic heterocycles. The van der Waals surface area contributed by atoms with Crippen molar-refractivity contribution in [3.05, 3.63) is 53.8 Å². The zero-order chi connectivity index (χ0) is 14.5. The topological polar surface area (TPSA) is 55.1 Å². The molecule has 0 aromatic heterocycles. The number of nitrogen functional groups attached to an aromatic ring is 1. The molecule has 0 atom stereocenters. The van der Waals surface area contributed by atoms with E-state index >= 15 is 0 Å². The molecule has 3 nitrogen and oxygen atoms in total. The van der Waals surface area contributed by atoms with Crippen LogP contribution in [-0.4, -0.2) is 11.7 Å². The first-order valence-corrected chi connectivity index (χ1v) is 7.08. The predicted molar refractivity (Wildman–Crippen MR) is 81.3 cm³/mol. The van der Waals surface area contributed by atoms with E-state index in [2.05, 4.69) is 5.32 Å². The van der Waals surface area contributed by atoms with Gasteiger partial charge in [0.05, 0.1) is 11.4 Å². The molecule has 0 aliphatic rings. The van der Waals surface area contributed by atoms with Crippen molar-refractivity contribution in [1.82, 2.24) is 0 Å². The maximum atomic E-state index is 13.0. The summed E-state index contributed by atoms with van der Waals surface area (Å²) < 4.78 is 13.0. The van der Waals surface area contributed by atoms with Gasteiger partial charge in [-0.15, -0.1) is 11.8 Å². The van der Waals surface area contributed by atoms with Gasteiger partial charge in [0.2, 0.25) is 5.91 Å². The number of nitrogens with one attached hydrogen (secondary N) is 1. The highest BCUT2D eigenvalue weighted by atomic mass is 32.2. The first kappa shape index (κ1) is 14.4. The van der Waals surface area contributed by atoms with Crippen molar-refractivity contribution in [2.45, 2.75) is 11.8 Å². The summed E-state index contributed by atoms with van der Waals surface area (Å²) in [7, 11) is 0. The van der Waals surface area contributed by atoms with Crippen LogP contribution in [0.2, 0.25) is 0 Å². The third kappa shape index (κ3) is 3.74. The number of halogens is 1. The predicted octanol–water partition coefficient (Wildman–Crippen LogP) is 3.45. The summed E-state index contributed by atoms with van der Waals surface area (Å²) in [5, 5.41) is 2.69. The summed E-state index contributed by atoms with van der Waals surface area (Å²) in [5.41, 5.74) is 7.11. The van der Waals surface area contributed by atoms with Gasteiger partial charge in [-0.1, -0.05) is 18.2 Å². The number of thioether (sulfide) groups is 1. The highest BCUT2D eigenvalue weighted by Crippen LogP contribution is 2.22. The van der Waals surface area contributed by atoms with Gasteiger partial charge in [-0.3, -0.25) is 4.79 Å². The number of benzene rings is 2. The lowest BCUT2D eigenvalue weighted by Gasteiger charge is -2.07. The van der Waals surface area contributed by atoms with Gasteiger partial charge in [-0.05, 0) is 36.8 Å². The van der Waals surface area contributed by atoms with Gasteiger partial charge in [-0.25, -0.2) is 4.39 Å². The van der Waals surface area contributed by atoms with E-state index in [9.17, 15) is 9.18 Å². The molecule has 5 heteroatoms. The standard InChI is InChI=1S/C15H15FN2OS/c1-10-4-2-3-5-14(10)20-9-15(19)18-11-6-7-12(16)13(17)8-11/h2-8H,9,17H2,1H3,(H,18,19). The van der Waals surface area contributed by atoms with Gasteiger partial charge in [0, 0.05) is 10.6 Å². The zero-order valence-electron chi connectivity index (χ0n) is 11.0. The summed E-state index contributed by atoms with van der Waals surface area (Å²) in [6.45, 7) is 2.00. The fraction of sp³-hybridized carbons (Fsp3) is 0.133. The average Bonchev–Trinajstić information content (AvgIpc) is 2.42. The summed E-state index contributed by atoms with van der Waals surface area (Å²) >= 11 is 1.46. The second kappa shape index (κ2) is 6.43. The van der Waals surface area contributed by atoms with Crippen LogP contribution in [0.25, 0.3) is 0 Å². The Labute approximate surface area is 121 Å². The lowest BCUT2D eigenvalue weighted by Crippen LogP contribution is -2.14. The number of carbonyl (C=O) groups is 1. The van der Waals surface area contributed by atoms with Crippen LogP contribution in [0, 0.1) is 12.7 Å². The zero-order valence-corrected chi connectivity index (χ0v) is 11.8. The lowest BCUT2D eigenvalue weighted by atomic mass is 10.2. The Kier molecular flexibility index (Phi) is 4.63. The van der Waals surface area contributed by atoms with Crippen molar-refractivity contribution < 1.29 is 9.18 Å². The largest absolute Gasteiger partial charge is 0.396 e. The fourth-order valence-electron chi connectivity index (χ4n) is 1.68. The first-order valence-electron chi connectivity index (χ1n) is 6.09. The van der Waals surface area contributed by atoms with Crippen molar-refractivity contribution in [2.75, 3.05) is 16.8 Å². The maximum absolute atomic E-state index is 13.0. The number of hydrogen-bond acceptors (Lipinski definition) is 3. The van der Waals surface area contributed by atoms with Gasteiger partial charge < -0.3 is 11.1 Å². The van der Waals surface area contributed by atoms with E-state index in [-0.39, 0.29) is 11.6 Å². The van der Waals surface area contributed by atoms with Crippen LogP contribution >= 0.6 is 11.8 Å². The minimum Gasteiger partial charge on any atom is -0.396 e. The molecular weight excluding hydrogens is 275 g/mol. The Morgan fingerprint density at radius 3 is 2.75 bits per heavy atom. The molecule has 2 aromatic rings. The van der Waals surface area contributed by atoms with Crippen LogP contribution in [0.5, 0.6) is 0 Å². The van der Waals surface area contributed by atoms with Crippen molar-refractivity contribution in [3.8, 4) is 0 Å². The number of carbonyl (C=O) groups excluding carboxylic acids is 1. The third-order valence-corrected chi connectivity index (χ3v) is 3.91. The van der Waals surface area contributed by atoms with Crippen molar-refractivity contribution in [2.24, 2.45) is 0 Å². The molecular formula is C15H15FN2OS. The van der Waals surface area contributed by atoms with E-state index in [0.717, 1.165) is 10.5 Å². The lowest BCUT2D eigenvalue weighted by molar-refractivity contribution is -0.113. The van der Waals surface area contributed by atoms with Crippen LogP contribution in [-0.2, 0) is 4.79 Å². The van der Waals surface area contributed by atoms with E-state index < -0.39 is 5.82 Å². The highest BCUT2D eigenvalue weighted by Gasteiger charge is 2.06. The maximum Gasteiger partial charge on any atom is 0.234 e. The molecule has 0 fully saturated rings. The molecule has 0 unspecified atom stereocenters. The molecule has 0 saturated heterocycles. The molecule has 2 aromatic carbocycles. The quantitative estimate of drug-likeness (QED) is 0.670. The third-order valence-electron chi connectivity index (χ3n) is 2.73. The Hall–Kier alpha value is -2.01. The number of hydrogen-bond donors (Lipinski definition) is 2. The number of amides is 1. The second-order valence-electron chi connectivity index (χ2n) is 4.34. The van der Waals surface area contributed by atoms with E-state index in [0.29, 0.717) is 11.4 Å². The van der Waals surface area contributed by atoms with Crippen LogP contribution in [0.15, 0.2) is 47.4 Å². The van der Waals surface area contributed by atoms with Gasteiger partial charge >= 0.3 is 0 Å². The first-order chi connectivity index (χ1) is 9.56. The Morgan fingerprint density at radius 2 is 2.05 bits per heavy atom. The average molecular weight is 290 g/mol. The number of rotatable bonds is 4. The summed E-state index contributed by atoms with van der Waals surface area (Å²) in [6, 6.07) is 12.0. The number of aryl methyl sites for hydroxylation is 1. The second-order valence-corrected chi connectivity index (χ2v) is 5.36. The van der Waals surface area contributed by atoms with Crippen molar-refractivity contribution >= 4 is 29.0 Å². The van der Waals surface area contributed by atoms with Gasteiger partial charge in [0.15, 0.2) is 0 Å². The molecule has 0 spiro atoms. The number of anilines is 2. The van der Waals surface area contributed by atoms with Crippen LogP contribution < -0.4 is 11.1 Å². The van der Waals surface area contributed by atoms with E-state index in [1.807, 2.05) is 31.2 Å². The molecule has 0 aliphatic carbocycles. The van der Waals surface area contributed by atoms with Crippen molar-refractivity contribution in [3.63, 3.8) is 0 Å². The van der Waals surface area contributed by atoms with Gasteiger partial charge in [0.1, 0.15) is 5.82 Å².